The molecule has 0 radical (unpaired) electrons. The van der Waals surface area contributed by atoms with E-state index in [0.717, 1.165) is 23.5 Å². The first-order valence-electron chi connectivity index (χ1n) is 6.73. The van der Waals surface area contributed by atoms with E-state index in [-0.39, 0.29) is 0 Å². The number of halogens is 1. The molecule has 100 valence electrons. The molecule has 0 saturated carbocycles. The van der Waals surface area contributed by atoms with Crippen LogP contribution >= 0.6 is 15.9 Å². The Hall–Kier alpha value is -0.540. The van der Waals surface area contributed by atoms with Gasteiger partial charge in [-0.1, -0.05) is 28.1 Å². The van der Waals surface area contributed by atoms with Gasteiger partial charge in [0.2, 0.25) is 0 Å². The molecule has 3 heteroatoms. The third-order valence-corrected chi connectivity index (χ3v) is 4.12. The van der Waals surface area contributed by atoms with E-state index < -0.39 is 0 Å². The first-order valence-corrected chi connectivity index (χ1v) is 7.85. The Morgan fingerprint density at radius 2 is 2.33 bits per heavy atom. The van der Waals surface area contributed by atoms with Gasteiger partial charge in [0, 0.05) is 18.4 Å². The molecule has 0 bridgehead atoms. The molecule has 0 amide bonds. The largest absolute Gasteiger partial charge is 0.497 e. The number of likely N-dealkylation sites (tertiary alicyclic amines) is 1. The minimum absolute atomic E-state index is 0.865. The summed E-state index contributed by atoms with van der Waals surface area (Å²) in [4.78, 5) is 2.58. The SMILES string of the molecule is COc1cccc(CN2CCCC(CCBr)C2)c1. The number of alkyl halides is 1. The van der Waals surface area contributed by atoms with Crippen LogP contribution in [0.5, 0.6) is 5.75 Å². The minimum Gasteiger partial charge on any atom is -0.497 e. The van der Waals surface area contributed by atoms with Crippen LogP contribution in [0.2, 0.25) is 0 Å². The molecular formula is C15H22BrNO. The van der Waals surface area contributed by atoms with Crippen LogP contribution in [-0.4, -0.2) is 30.4 Å². The van der Waals surface area contributed by atoms with E-state index in [1.807, 2.05) is 6.07 Å². The number of rotatable bonds is 5. The van der Waals surface area contributed by atoms with Gasteiger partial charge in [-0.3, -0.25) is 4.90 Å². The van der Waals surface area contributed by atoms with E-state index in [2.05, 4.69) is 39.0 Å². The Morgan fingerprint density at radius 3 is 3.11 bits per heavy atom. The van der Waals surface area contributed by atoms with Crippen molar-refractivity contribution in [2.24, 2.45) is 5.92 Å². The standard InChI is InChI=1S/C15H22BrNO/c1-18-15-6-2-4-14(10-15)12-17-9-3-5-13(11-17)7-8-16/h2,4,6,10,13H,3,5,7-9,11-12H2,1H3. The van der Waals surface area contributed by atoms with Crippen LogP contribution in [0.15, 0.2) is 24.3 Å². The fraction of sp³-hybridized carbons (Fsp3) is 0.600. The summed E-state index contributed by atoms with van der Waals surface area (Å²) in [5.41, 5.74) is 1.36. The summed E-state index contributed by atoms with van der Waals surface area (Å²) in [7, 11) is 1.73. The van der Waals surface area contributed by atoms with Gasteiger partial charge in [0.1, 0.15) is 5.75 Å². The van der Waals surface area contributed by atoms with Crippen LogP contribution in [0.3, 0.4) is 0 Å². The van der Waals surface area contributed by atoms with Crippen molar-refractivity contribution in [1.82, 2.24) is 4.90 Å². The first-order chi connectivity index (χ1) is 8.81. The zero-order valence-corrected chi connectivity index (χ0v) is 12.7. The monoisotopic (exact) mass is 311 g/mol. The van der Waals surface area contributed by atoms with Crippen molar-refractivity contribution in [3.05, 3.63) is 29.8 Å². The number of hydrogen-bond acceptors (Lipinski definition) is 2. The van der Waals surface area contributed by atoms with Crippen LogP contribution in [0.4, 0.5) is 0 Å². The zero-order valence-electron chi connectivity index (χ0n) is 11.1. The molecule has 1 aliphatic heterocycles. The Kier molecular flexibility index (Phi) is 5.51. The van der Waals surface area contributed by atoms with Gasteiger partial charge in [0.05, 0.1) is 7.11 Å². The maximum atomic E-state index is 5.28. The molecular weight excluding hydrogens is 290 g/mol. The van der Waals surface area contributed by atoms with Crippen LogP contribution in [-0.2, 0) is 6.54 Å². The van der Waals surface area contributed by atoms with E-state index in [4.69, 9.17) is 4.74 Å². The summed E-state index contributed by atoms with van der Waals surface area (Å²) in [6.07, 6.45) is 4.02. The molecule has 0 spiro atoms. The molecule has 1 unspecified atom stereocenters. The van der Waals surface area contributed by atoms with Crippen molar-refractivity contribution in [3.8, 4) is 5.75 Å². The predicted molar refractivity (Wildman–Crippen MR) is 79.4 cm³/mol. The lowest BCUT2D eigenvalue weighted by Gasteiger charge is -2.32. The number of piperidine rings is 1. The fourth-order valence-corrected chi connectivity index (χ4v) is 3.36. The molecule has 1 aromatic rings. The summed E-state index contributed by atoms with van der Waals surface area (Å²) in [5, 5.41) is 1.13. The number of ether oxygens (including phenoxy) is 1. The molecule has 18 heavy (non-hydrogen) atoms. The molecule has 1 fully saturated rings. The maximum Gasteiger partial charge on any atom is 0.119 e. The number of nitrogens with zero attached hydrogens (tertiary/aromatic N) is 1. The molecule has 2 rings (SSSR count). The van der Waals surface area contributed by atoms with Gasteiger partial charge in [-0.05, 0) is 49.4 Å². The molecule has 1 heterocycles. The van der Waals surface area contributed by atoms with E-state index in [1.54, 1.807) is 7.11 Å². The van der Waals surface area contributed by atoms with Crippen molar-refractivity contribution in [2.45, 2.75) is 25.8 Å². The van der Waals surface area contributed by atoms with E-state index in [9.17, 15) is 0 Å². The quantitative estimate of drug-likeness (QED) is 0.769. The van der Waals surface area contributed by atoms with Gasteiger partial charge in [0.25, 0.3) is 0 Å². The van der Waals surface area contributed by atoms with Crippen molar-refractivity contribution < 1.29 is 4.74 Å². The highest BCUT2D eigenvalue weighted by atomic mass is 79.9. The lowest BCUT2D eigenvalue weighted by Crippen LogP contribution is -2.35. The third kappa shape index (κ3) is 3.99. The number of hydrogen-bond donors (Lipinski definition) is 0. The van der Waals surface area contributed by atoms with Gasteiger partial charge < -0.3 is 4.74 Å². The van der Waals surface area contributed by atoms with Gasteiger partial charge in [-0.2, -0.15) is 0 Å². The summed E-state index contributed by atoms with van der Waals surface area (Å²) in [6.45, 7) is 3.52. The summed E-state index contributed by atoms with van der Waals surface area (Å²) >= 11 is 3.56. The van der Waals surface area contributed by atoms with Crippen LogP contribution in [0, 0.1) is 5.92 Å². The summed E-state index contributed by atoms with van der Waals surface area (Å²) in [6, 6.07) is 8.42. The van der Waals surface area contributed by atoms with E-state index in [1.165, 1.54) is 37.9 Å². The van der Waals surface area contributed by atoms with Crippen molar-refractivity contribution in [2.75, 3.05) is 25.5 Å². The third-order valence-electron chi connectivity index (χ3n) is 3.66. The van der Waals surface area contributed by atoms with Gasteiger partial charge in [-0.25, -0.2) is 0 Å². The van der Waals surface area contributed by atoms with Crippen molar-refractivity contribution >= 4 is 15.9 Å². The van der Waals surface area contributed by atoms with E-state index >= 15 is 0 Å². The molecule has 1 saturated heterocycles. The normalized spacial score (nSPS) is 20.9. The second-order valence-electron chi connectivity index (χ2n) is 5.07. The lowest BCUT2D eigenvalue weighted by atomic mass is 9.95. The first kappa shape index (κ1) is 13.9. The van der Waals surface area contributed by atoms with Crippen molar-refractivity contribution in [3.63, 3.8) is 0 Å². The maximum absolute atomic E-state index is 5.28. The molecule has 1 aliphatic rings. The highest BCUT2D eigenvalue weighted by Crippen LogP contribution is 2.22. The number of benzene rings is 1. The second kappa shape index (κ2) is 7.15. The zero-order chi connectivity index (χ0) is 12.8. The Morgan fingerprint density at radius 1 is 1.44 bits per heavy atom. The smallest absolute Gasteiger partial charge is 0.119 e. The molecule has 0 aromatic heterocycles. The Balaban J connectivity index is 1.91. The van der Waals surface area contributed by atoms with Crippen LogP contribution < -0.4 is 4.74 Å². The van der Waals surface area contributed by atoms with Gasteiger partial charge >= 0.3 is 0 Å². The highest BCUT2D eigenvalue weighted by molar-refractivity contribution is 9.09. The lowest BCUT2D eigenvalue weighted by molar-refractivity contribution is 0.165. The molecule has 2 nitrogen and oxygen atoms in total. The fourth-order valence-electron chi connectivity index (χ4n) is 2.71. The Bertz CT molecular complexity index is 367. The van der Waals surface area contributed by atoms with Crippen molar-refractivity contribution in [1.29, 1.82) is 0 Å². The minimum atomic E-state index is 0.865. The molecule has 1 aromatic carbocycles. The molecule has 0 N–H and O–H groups in total. The van der Waals surface area contributed by atoms with Gasteiger partial charge in [-0.15, -0.1) is 0 Å². The Labute approximate surface area is 118 Å². The summed E-state index contributed by atoms with van der Waals surface area (Å²) in [5.74, 6) is 1.82. The predicted octanol–water partition coefficient (Wildman–Crippen LogP) is 3.69. The average molecular weight is 312 g/mol. The topological polar surface area (TPSA) is 12.5 Å². The average Bonchev–Trinajstić information content (AvgIpc) is 2.40. The molecule has 0 aliphatic carbocycles. The summed E-state index contributed by atoms with van der Waals surface area (Å²) < 4.78 is 5.28. The number of methoxy groups -OCH3 is 1. The molecule has 1 atom stereocenters. The second-order valence-corrected chi connectivity index (χ2v) is 5.87. The van der Waals surface area contributed by atoms with E-state index in [0.29, 0.717) is 0 Å². The highest BCUT2D eigenvalue weighted by Gasteiger charge is 2.19. The van der Waals surface area contributed by atoms with Gasteiger partial charge in [0.15, 0.2) is 0 Å². The van der Waals surface area contributed by atoms with Crippen LogP contribution in [0.1, 0.15) is 24.8 Å². The van der Waals surface area contributed by atoms with Crippen LogP contribution in [0.25, 0.3) is 0 Å².